The van der Waals surface area contributed by atoms with Gasteiger partial charge in [-0.1, -0.05) is 11.6 Å². The molecule has 1 aliphatic rings. The molecule has 0 spiro atoms. The summed E-state index contributed by atoms with van der Waals surface area (Å²) >= 11 is 5.98. The van der Waals surface area contributed by atoms with E-state index in [4.69, 9.17) is 16.3 Å². The number of carbonyl (C=O) groups excluding carboxylic acids is 2. The number of ether oxygens (including phenoxy) is 1. The Morgan fingerprint density at radius 3 is 2.57 bits per heavy atom. The van der Waals surface area contributed by atoms with E-state index >= 15 is 0 Å². The third-order valence-electron chi connectivity index (χ3n) is 3.81. The Labute approximate surface area is 130 Å². The Morgan fingerprint density at radius 2 is 2.00 bits per heavy atom. The lowest BCUT2D eigenvalue weighted by atomic mass is 9.96. The Kier molecular flexibility index (Phi) is 5.23. The molecule has 2 rings (SSSR count). The fourth-order valence-electron chi connectivity index (χ4n) is 2.54. The summed E-state index contributed by atoms with van der Waals surface area (Å²) in [7, 11) is 0. The molecular weight excluding hydrogens is 290 g/mol. The maximum Gasteiger partial charge on any atom is 0.309 e. The maximum absolute atomic E-state index is 12.4. The highest BCUT2D eigenvalue weighted by atomic mass is 35.5. The van der Waals surface area contributed by atoms with Gasteiger partial charge in [0.2, 0.25) is 0 Å². The zero-order valence-corrected chi connectivity index (χ0v) is 13.2. The lowest BCUT2D eigenvalue weighted by Gasteiger charge is -2.31. The molecule has 1 fully saturated rings. The van der Waals surface area contributed by atoms with Crippen LogP contribution in [-0.4, -0.2) is 36.5 Å². The van der Waals surface area contributed by atoms with Crippen LogP contribution < -0.4 is 0 Å². The first kappa shape index (κ1) is 15.8. The third-order valence-corrected chi connectivity index (χ3v) is 4.23. The number of esters is 1. The second-order valence-electron chi connectivity index (χ2n) is 5.28. The van der Waals surface area contributed by atoms with E-state index in [1.165, 1.54) is 0 Å². The fourth-order valence-corrected chi connectivity index (χ4v) is 2.66. The van der Waals surface area contributed by atoms with Crippen molar-refractivity contribution < 1.29 is 14.3 Å². The summed E-state index contributed by atoms with van der Waals surface area (Å²) in [6, 6.07) is 5.30. The van der Waals surface area contributed by atoms with Crippen molar-refractivity contribution in [1.82, 2.24) is 4.90 Å². The van der Waals surface area contributed by atoms with Gasteiger partial charge in [-0.2, -0.15) is 0 Å². The number of hydrogen-bond acceptors (Lipinski definition) is 3. The van der Waals surface area contributed by atoms with Crippen molar-refractivity contribution in [2.45, 2.75) is 26.7 Å². The van der Waals surface area contributed by atoms with E-state index in [0.29, 0.717) is 43.1 Å². The van der Waals surface area contributed by atoms with Crippen molar-refractivity contribution >= 4 is 23.5 Å². The quantitative estimate of drug-likeness (QED) is 0.806. The molecule has 0 unspecified atom stereocenters. The number of benzene rings is 1. The van der Waals surface area contributed by atoms with Gasteiger partial charge in [0.1, 0.15) is 0 Å². The number of aryl methyl sites for hydroxylation is 1. The smallest absolute Gasteiger partial charge is 0.309 e. The molecular formula is C16H20ClNO3. The summed E-state index contributed by atoms with van der Waals surface area (Å²) < 4.78 is 5.03. The molecule has 0 atom stereocenters. The summed E-state index contributed by atoms with van der Waals surface area (Å²) in [4.78, 5) is 25.9. The number of rotatable bonds is 3. The Bertz CT molecular complexity index is 536. The molecule has 1 aliphatic heterocycles. The predicted octanol–water partition coefficient (Wildman–Crippen LogP) is 3.06. The molecule has 1 heterocycles. The summed E-state index contributed by atoms with van der Waals surface area (Å²) in [5.74, 6) is -0.232. The molecule has 1 aromatic carbocycles. The first-order valence-corrected chi connectivity index (χ1v) is 7.62. The number of likely N-dealkylation sites (tertiary alicyclic amines) is 1. The van der Waals surface area contributed by atoms with E-state index in [1.54, 1.807) is 24.0 Å². The second-order valence-corrected chi connectivity index (χ2v) is 5.69. The molecule has 114 valence electrons. The standard InChI is InChI=1S/C16H20ClNO3/c1-3-21-16(20)12-6-8-18(9-7-12)15(19)13-4-5-14(17)11(2)10-13/h4-5,10,12H,3,6-9H2,1-2H3. The molecule has 5 heteroatoms. The minimum absolute atomic E-state index is 0.00271. The lowest BCUT2D eigenvalue weighted by molar-refractivity contribution is -0.149. The van der Waals surface area contributed by atoms with Crippen LogP contribution in [0, 0.1) is 12.8 Å². The fraction of sp³-hybridized carbons (Fsp3) is 0.500. The number of halogens is 1. The molecule has 0 bridgehead atoms. The first-order chi connectivity index (χ1) is 10.0. The highest BCUT2D eigenvalue weighted by molar-refractivity contribution is 6.31. The van der Waals surface area contributed by atoms with E-state index in [-0.39, 0.29) is 17.8 Å². The van der Waals surface area contributed by atoms with Crippen molar-refractivity contribution in [2.75, 3.05) is 19.7 Å². The van der Waals surface area contributed by atoms with Crippen LogP contribution in [-0.2, 0) is 9.53 Å². The van der Waals surface area contributed by atoms with Gasteiger partial charge in [-0.3, -0.25) is 9.59 Å². The van der Waals surface area contributed by atoms with E-state index < -0.39 is 0 Å². The van der Waals surface area contributed by atoms with Gasteiger partial charge >= 0.3 is 5.97 Å². The lowest BCUT2D eigenvalue weighted by Crippen LogP contribution is -2.40. The van der Waals surface area contributed by atoms with Crippen molar-refractivity contribution in [3.05, 3.63) is 34.3 Å². The minimum Gasteiger partial charge on any atom is -0.466 e. The van der Waals surface area contributed by atoms with Gasteiger partial charge in [0, 0.05) is 23.7 Å². The van der Waals surface area contributed by atoms with Crippen LogP contribution in [0.25, 0.3) is 0 Å². The van der Waals surface area contributed by atoms with Crippen LogP contribution in [0.1, 0.15) is 35.7 Å². The van der Waals surface area contributed by atoms with Crippen LogP contribution >= 0.6 is 11.6 Å². The highest BCUT2D eigenvalue weighted by Gasteiger charge is 2.28. The normalized spacial score (nSPS) is 15.9. The Balaban J connectivity index is 1.97. The molecule has 0 radical (unpaired) electrons. The van der Waals surface area contributed by atoms with E-state index in [2.05, 4.69) is 0 Å². The topological polar surface area (TPSA) is 46.6 Å². The molecule has 21 heavy (non-hydrogen) atoms. The van der Waals surface area contributed by atoms with Gasteiger partial charge in [-0.25, -0.2) is 0 Å². The van der Waals surface area contributed by atoms with Crippen molar-refractivity contribution in [3.8, 4) is 0 Å². The molecule has 1 saturated heterocycles. The molecule has 0 aliphatic carbocycles. The zero-order chi connectivity index (χ0) is 15.4. The summed E-state index contributed by atoms with van der Waals surface area (Å²) in [5, 5.41) is 0.660. The van der Waals surface area contributed by atoms with Crippen molar-refractivity contribution in [1.29, 1.82) is 0 Å². The molecule has 0 aromatic heterocycles. The van der Waals surface area contributed by atoms with E-state index in [0.717, 1.165) is 5.56 Å². The van der Waals surface area contributed by atoms with Crippen LogP contribution in [0.5, 0.6) is 0 Å². The highest BCUT2D eigenvalue weighted by Crippen LogP contribution is 2.22. The zero-order valence-electron chi connectivity index (χ0n) is 12.4. The van der Waals surface area contributed by atoms with Gasteiger partial charge in [0.25, 0.3) is 5.91 Å². The van der Waals surface area contributed by atoms with Crippen molar-refractivity contribution in [3.63, 3.8) is 0 Å². The SMILES string of the molecule is CCOC(=O)C1CCN(C(=O)c2ccc(Cl)c(C)c2)CC1. The van der Waals surface area contributed by atoms with E-state index in [1.807, 2.05) is 13.0 Å². The number of amides is 1. The third kappa shape index (κ3) is 3.76. The van der Waals surface area contributed by atoms with Gasteiger partial charge in [-0.05, 0) is 50.5 Å². The Morgan fingerprint density at radius 1 is 1.33 bits per heavy atom. The molecule has 1 amide bonds. The largest absolute Gasteiger partial charge is 0.466 e. The minimum atomic E-state index is -0.146. The van der Waals surface area contributed by atoms with Crippen molar-refractivity contribution in [2.24, 2.45) is 5.92 Å². The number of hydrogen-bond donors (Lipinski definition) is 0. The van der Waals surface area contributed by atoms with Crippen LogP contribution in [0.4, 0.5) is 0 Å². The van der Waals surface area contributed by atoms with E-state index in [9.17, 15) is 9.59 Å². The first-order valence-electron chi connectivity index (χ1n) is 7.25. The van der Waals surface area contributed by atoms with Crippen LogP contribution in [0.3, 0.4) is 0 Å². The average Bonchev–Trinajstić information content (AvgIpc) is 2.50. The number of carbonyl (C=O) groups is 2. The molecule has 0 N–H and O–H groups in total. The summed E-state index contributed by atoms with van der Waals surface area (Å²) in [5.41, 5.74) is 1.54. The number of piperidine rings is 1. The molecule has 1 aromatic rings. The summed E-state index contributed by atoms with van der Waals surface area (Å²) in [6.45, 7) is 5.27. The maximum atomic E-state index is 12.4. The predicted molar refractivity (Wildman–Crippen MR) is 81.4 cm³/mol. The van der Waals surface area contributed by atoms with Crippen LogP contribution in [0.15, 0.2) is 18.2 Å². The number of nitrogens with zero attached hydrogens (tertiary/aromatic N) is 1. The molecule has 0 saturated carbocycles. The Hall–Kier alpha value is -1.55. The van der Waals surface area contributed by atoms with Gasteiger partial charge in [-0.15, -0.1) is 0 Å². The van der Waals surface area contributed by atoms with Gasteiger partial charge < -0.3 is 9.64 Å². The van der Waals surface area contributed by atoms with Gasteiger partial charge in [0.15, 0.2) is 0 Å². The summed E-state index contributed by atoms with van der Waals surface area (Å²) in [6.07, 6.45) is 1.33. The monoisotopic (exact) mass is 309 g/mol. The second kappa shape index (κ2) is 6.94. The van der Waals surface area contributed by atoms with Crippen LogP contribution in [0.2, 0.25) is 5.02 Å². The van der Waals surface area contributed by atoms with Gasteiger partial charge in [0.05, 0.1) is 12.5 Å². The molecule has 4 nitrogen and oxygen atoms in total. The average molecular weight is 310 g/mol.